The standard InChI is InChI=1S/C15H16N4O5S/c1-9-7-11(17-24-9)16-12(20)8-19-10-3-6-25-13(10)14(21)18(15(19)22)4-5-23-2/h3,6-7H,4-5,8H2,1-2H3,(H,16,17,20). The highest BCUT2D eigenvalue weighted by atomic mass is 32.1. The van der Waals surface area contributed by atoms with E-state index in [1.165, 1.54) is 23.0 Å². The number of nitrogens with one attached hydrogen (secondary N) is 1. The van der Waals surface area contributed by atoms with Crippen molar-refractivity contribution in [1.29, 1.82) is 0 Å². The van der Waals surface area contributed by atoms with Gasteiger partial charge in [-0.3, -0.25) is 18.7 Å². The highest BCUT2D eigenvalue weighted by molar-refractivity contribution is 7.17. The molecule has 3 heterocycles. The molecule has 0 aliphatic rings. The van der Waals surface area contributed by atoms with E-state index in [9.17, 15) is 14.4 Å². The molecule has 1 amide bonds. The molecule has 3 aromatic rings. The molecular formula is C15H16N4O5S. The average molecular weight is 364 g/mol. The van der Waals surface area contributed by atoms with Crippen LogP contribution in [0.25, 0.3) is 10.2 Å². The molecule has 0 radical (unpaired) electrons. The lowest BCUT2D eigenvalue weighted by Crippen LogP contribution is -2.42. The third-order valence-corrected chi connectivity index (χ3v) is 4.44. The second kappa shape index (κ2) is 7.03. The van der Waals surface area contributed by atoms with Crippen molar-refractivity contribution in [2.24, 2.45) is 0 Å². The Morgan fingerprint density at radius 3 is 2.88 bits per heavy atom. The fraction of sp³-hybridized carbons (Fsp3) is 0.333. The average Bonchev–Trinajstić information content (AvgIpc) is 3.21. The first-order valence-electron chi connectivity index (χ1n) is 7.44. The van der Waals surface area contributed by atoms with Gasteiger partial charge in [0.05, 0.1) is 18.7 Å². The highest BCUT2D eigenvalue weighted by Crippen LogP contribution is 2.15. The van der Waals surface area contributed by atoms with Gasteiger partial charge in [0, 0.05) is 13.2 Å². The van der Waals surface area contributed by atoms with E-state index in [0.717, 1.165) is 4.57 Å². The summed E-state index contributed by atoms with van der Waals surface area (Å²) in [5.41, 5.74) is -0.504. The Balaban J connectivity index is 1.97. The van der Waals surface area contributed by atoms with Crippen LogP contribution in [0.3, 0.4) is 0 Å². The second-order valence-electron chi connectivity index (χ2n) is 5.32. The van der Waals surface area contributed by atoms with Gasteiger partial charge in [0.25, 0.3) is 5.56 Å². The zero-order valence-corrected chi connectivity index (χ0v) is 14.5. The van der Waals surface area contributed by atoms with Crippen LogP contribution in [0.5, 0.6) is 0 Å². The summed E-state index contributed by atoms with van der Waals surface area (Å²) >= 11 is 1.23. The summed E-state index contributed by atoms with van der Waals surface area (Å²) in [5.74, 6) is 0.380. The van der Waals surface area contributed by atoms with Crippen molar-refractivity contribution in [3.8, 4) is 0 Å². The summed E-state index contributed by atoms with van der Waals surface area (Å²) in [5, 5.41) is 7.95. The van der Waals surface area contributed by atoms with Crippen LogP contribution in [0, 0.1) is 6.92 Å². The first kappa shape index (κ1) is 17.1. The van der Waals surface area contributed by atoms with E-state index in [2.05, 4.69) is 10.5 Å². The van der Waals surface area contributed by atoms with Crippen LogP contribution in [-0.2, 0) is 22.6 Å². The molecular weight excluding hydrogens is 348 g/mol. The molecule has 25 heavy (non-hydrogen) atoms. The van der Waals surface area contributed by atoms with Crippen molar-refractivity contribution in [2.75, 3.05) is 19.0 Å². The van der Waals surface area contributed by atoms with Crippen molar-refractivity contribution in [2.45, 2.75) is 20.0 Å². The number of aromatic nitrogens is 3. The van der Waals surface area contributed by atoms with Gasteiger partial charge in [0.2, 0.25) is 5.91 Å². The summed E-state index contributed by atoms with van der Waals surface area (Å²) in [6, 6.07) is 3.22. The van der Waals surface area contributed by atoms with Gasteiger partial charge in [-0.25, -0.2) is 4.79 Å². The molecule has 3 rings (SSSR count). The van der Waals surface area contributed by atoms with Crippen molar-refractivity contribution >= 4 is 33.3 Å². The number of aryl methyl sites for hydroxylation is 1. The van der Waals surface area contributed by atoms with E-state index in [0.29, 0.717) is 16.0 Å². The molecule has 0 atom stereocenters. The van der Waals surface area contributed by atoms with Gasteiger partial charge in [0.15, 0.2) is 5.82 Å². The molecule has 1 N–H and O–H groups in total. The molecule has 132 valence electrons. The van der Waals surface area contributed by atoms with Crippen LogP contribution in [0.15, 0.2) is 31.6 Å². The Morgan fingerprint density at radius 1 is 1.40 bits per heavy atom. The van der Waals surface area contributed by atoms with Gasteiger partial charge in [0.1, 0.15) is 17.0 Å². The minimum atomic E-state index is -0.556. The molecule has 0 bridgehead atoms. The Hall–Kier alpha value is -2.72. The summed E-state index contributed by atoms with van der Waals surface area (Å²) in [4.78, 5) is 37.3. The largest absolute Gasteiger partial charge is 0.383 e. The van der Waals surface area contributed by atoms with Crippen molar-refractivity contribution < 1.29 is 14.1 Å². The minimum Gasteiger partial charge on any atom is -0.383 e. The maximum absolute atomic E-state index is 12.7. The third kappa shape index (κ3) is 3.39. The van der Waals surface area contributed by atoms with E-state index in [1.54, 1.807) is 24.4 Å². The van der Waals surface area contributed by atoms with Crippen LogP contribution < -0.4 is 16.6 Å². The number of hydrogen-bond acceptors (Lipinski definition) is 7. The van der Waals surface area contributed by atoms with Gasteiger partial charge in [-0.15, -0.1) is 11.3 Å². The monoisotopic (exact) mass is 364 g/mol. The summed E-state index contributed by atoms with van der Waals surface area (Å²) in [6.45, 7) is 1.79. The first-order chi connectivity index (χ1) is 12.0. The Kier molecular flexibility index (Phi) is 4.81. The normalized spacial score (nSPS) is 11.1. The molecule has 0 aliphatic carbocycles. The fourth-order valence-corrected chi connectivity index (χ4v) is 3.26. The van der Waals surface area contributed by atoms with Crippen molar-refractivity contribution in [1.82, 2.24) is 14.3 Å². The number of ether oxygens (including phenoxy) is 1. The number of methoxy groups -OCH3 is 1. The lowest BCUT2D eigenvalue weighted by molar-refractivity contribution is -0.116. The third-order valence-electron chi connectivity index (χ3n) is 3.55. The predicted octanol–water partition coefficient (Wildman–Crippen LogP) is 0.806. The molecule has 3 aromatic heterocycles. The van der Waals surface area contributed by atoms with Gasteiger partial charge >= 0.3 is 5.69 Å². The molecule has 10 heteroatoms. The molecule has 0 spiro atoms. The molecule has 0 fully saturated rings. The van der Waals surface area contributed by atoms with Crippen LogP contribution in [0.4, 0.5) is 5.82 Å². The highest BCUT2D eigenvalue weighted by Gasteiger charge is 2.17. The molecule has 0 unspecified atom stereocenters. The zero-order valence-electron chi connectivity index (χ0n) is 13.6. The van der Waals surface area contributed by atoms with E-state index in [1.807, 2.05) is 0 Å². The molecule has 0 saturated heterocycles. The number of fused-ring (bicyclic) bond motifs is 1. The van der Waals surface area contributed by atoms with E-state index in [-0.39, 0.29) is 31.1 Å². The van der Waals surface area contributed by atoms with Crippen molar-refractivity contribution in [3.05, 3.63) is 44.1 Å². The SMILES string of the molecule is COCCn1c(=O)c2sccc2n(CC(=O)Nc2cc(C)on2)c1=O. The van der Waals surface area contributed by atoms with E-state index < -0.39 is 11.6 Å². The van der Waals surface area contributed by atoms with Crippen LogP contribution in [0.2, 0.25) is 0 Å². The number of nitrogens with zero attached hydrogens (tertiary/aromatic N) is 3. The van der Waals surface area contributed by atoms with Crippen molar-refractivity contribution in [3.63, 3.8) is 0 Å². The topological polar surface area (TPSA) is 108 Å². The fourth-order valence-electron chi connectivity index (χ4n) is 2.42. The van der Waals surface area contributed by atoms with Crippen LogP contribution in [-0.4, -0.2) is 33.9 Å². The van der Waals surface area contributed by atoms with E-state index in [4.69, 9.17) is 9.26 Å². The number of carbonyl (C=O) groups is 1. The maximum Gasteiger partial charge on any atom is 0.332 e. The second-order valence-corrected chi connectivity index (χ2v) is 6.24. The van der Waals surface area contributed by atoms with Gasteiger partial charge in [-0.05, 0) is 18.4 Å². The Bertz CT molecular complexity index is 1030. The lowest BCUT2D eigenvalue weighted by atomic mass is 10.4. The molecule has 9 nitrogen and oxygen atoms in total. The number of thiophene rings is 1. The summed E-state index contributed by atoms with van der Waals surface area (Å²) in [7, 11) is 1.49. The maximum atomic E-state index is 12.7. The molecule has 0 aliphatic heterocycles. The van der Waals surface area contributed by atoms with E-state index >= 15 is 0 Å². The van der Waals surface area contributed by atoms with Gasteiger partial charge in [-0.2, -0.15) is 0 Å². The lowest BCUT2D eigenvalue weighted by Gasteiger charge is -2.11. The predicted molar refractivity (Wildman–Crippen MR) is 92.1 cm³/mol. The number of carbonyl (C=O) groups excluding carboxylic acids is 1. The van der Waals surface area contributed by atoms with Crippen LogP contribution >= 0.6 is 11.3 Å². The number of amides is 1. The van der Waals surface area contributed by atoms with Gasteiger partial charge < -0.3 is 14.6 Å². The quantitative estimate of drug-likeness (QED) is 0.693. The Morgan fingerprint density at radius 2 is 2.20 bits per heavy atom. The first-order valence-corrected chi connectivity index (χ1v) is 8.32. The van der Waals surface area contributed by atoms with Crippen LogP contribution in [0.1, 0.15) is 5.76 Å². The smallest absolute Gasteiger partial charge is 0.332 e. The zero-order chi connectivity index (χ0) is 18.0. The number of hydrogen-bond donors (Lipinski definition) is 1. The van der Waals surface area contributed by atoms with Gasteiger partial charge in [-0.1, -0.05) is 5.16 Å². The summed E-state index contributed by atoms with van der Waals surface area (Å²) in [6.07, 6.45) is 0. The number of rotatable bonds is 6. The Labute approximate surface area is 145 Å². The minimum absolute atomic E-state index is 0.117. The molecule has 0 aromatic carbocycles. The summed E-state index contributed by atoms with van der Waals surface area (Å²) < 4.78 is 12.6. The number of anilines is 1. The molecule has 0 saturated carbocycles.